The van der Waals surface area contributed by atoms with Crippen molar-refractivity contribution in [3.8, 4) is 6.07 Å². The van der Waals surface area contributed by atoms with Crippen molar-refractivity contribution in [2.24, 2.45) is 0 Å². The van der Waals surface area contributed by atoms with Gasteiger partial charge in [-0.05, 0) is 20.3 Å². The number of hydrogen-bond acceptors (Lipinski definition) is 3. The van der Waals surface area contributed by atoms with Crippen LogP contribution in [-0.2, 0) is 6.42 Å². The van der Waals surface area contributed by atoms with E-state index in [0.717, 1.165) is 17.9 Å². The highest BCUT2D eigenvalue weighted by Crippen LogP contribution is 2.01. The summed E-state index contributed by atoms with van der Waals surface area (Å²) in [5, 5.41) is 8.60. The van der Waals surface area contributed by atoms with Gasteiger partial charge in [-0.15, -0.1) is 0 Å². The molecular formula is C9H14N4. The number of nitriles is 1. The third kappa shape index (κ3) is 2.22. The molecule has 1 rings (SSSR count). The van der Waals surface area contributed by atoms with Crippen LogP contribution in [0.5, 0.6) is 0 Å². The molecule has 0 fully saturated rings. The van der Waals surface area contributed by atoms with Gasteiger partial charge in [0.1, 0.15) is 11.9 Å². The van der Waals surface area contributed by atoms with E-state index in [0.29, 0.717) is 0 Å². The molecule has 0 aromatic carbocycles. The molecule has 1 aromatic heterocycles. The molecule has 0 spiro atoms. The van der Waals surface area contributed by atoms with Gasteiger partial charge in [0.15, 0.2) is 0 Å². The fraction of sp³-hybridized carbons (Fsp3) is 0.556. The second-order valence-corrected chi connectivity index (χ2v) is 2.98. The Kier molecular flexibility index (Phi) is 2.91. The highest BCUT2D eigenvalue weighted by Gasteiger charge is 2.04. The summed E-state index contributed by atoms with van der Waals surface area (Å²) in [6.45, 7) is 5.78. The lowest BCUT2D eigenvalue weighted by Gasteiger charge is -2.09. The van der Waals surface area contributed by atoms with E-state index in [2.05, 4.69) is 23.4 Å². The highest BCUT2D eigenvalue weighted by atomic mass is 15.4. The summed E-state index contributed by atoms with van der Waals surface area (Å²) in [6, 6.07) is 1.91. The standard InChI is InChI=1S/C9H14N4/c1-4-9-6-13(8(3)11-9)12-7(2)5-10/h6-7,12H,4H2,1-3H3. The van der Waals surface area contributed by atoms with E-state index in [1.807, 2.05) is 20.0 Å². The van der Waals surface area contributed by atoms with Crippen molar-refractivity contribution in [1.29, 1.82) is 5.26 Å². The molecule has 0 saturated heterocycles. The fourth-order valence-electron chi connectivity index (χ4n) is 1.07. The quantitative estimate of drug-likeness (QED) is 0.756. The summed E-state index contributed by atoms with van der Waals surface area (Å²) in [7, 11) is 0. The molecular weight excluding hydrogens is 164 g/mol. The minimum atomic E-state index is -0.197. The highest BCUT2D eigenvalue weighted by molar-refractivity contribution is 5.07. The number of nitrogens with zero attached hydrogens (tertiary/aromatic N) is 3. The van der Waals surface area contributed by atoms with E-state index in [1.165, 1.54) is 0 Å². The van der Waals surface area contributed by atoms with Crippen molar-refractivity contribution in [3.63, 3.8) is 0 Å². The number of hydrogen-bond donors (Lipinski definition) is 1. The Bertz CT molecular complexity index is 321. The molecule has 1 aromatic rings. The lowest BCUT2D eigenvalue weighted by Crippen LogP contribution is -2.23. The SMILES string of the molecule is CCc1cn(NC(C)C#N)c(C)n1. The summed E-state index contributed by atoms with van der Waals surface area (Å²) in [5.41, 5.74) is 4.04. The Labute approximate surface area is 78.2 Å². The van der Waals surface area contributed by atoms with Crippen LogP contribution in [-0.4, -0.2) is 15.7 Å². The molecule has 70 valence electrons. The van der Waals surface area contributed by atoms with Gasteiger partial charge in [-0.2, -0.15) is 5.26 Å². The largest absolute Gasteiger partial charge is 0.308 e. The van der Waals surface area contributed by atoms with Crippen LogP contribution in [0.15, 0.2) is 6.20 Å². The molecule has 0 amide bonds. The van der Waals surface area contributed by atoms with E-state index >= 15 is 0 Å². The van der Waals surface area contributed by atoms with Crippen LogP contribution in [0.25, 0.3) is 0 Å². The lowest BCUT2D eigenvalue weighted by atomic mass is 10.4. The predicted octanol–water partition coefficient (Wildman–Crippen LogP) is 1.21. The van der Waals surface area contributed by atoms with Gasteiger partial charge in [-0.25, -0.2) is 4.98 Å². The van der Waals surface area contributed by atoms with Crippen LogP contribution in [0.3, 0.4) is 0 Å². The molecule has 0 aliphatic heterocycles. The Hall–Kier alpha value is -1.50. The van der Waals surface area contributed by atoms with Crippen molar-refractivity contribution in [2.45, 2.75) is 33.2 Å². The van der Waals surface area contributed by atoms with Crippen molar-refractivity contribution in [1.82, 2.24) is 9.66 Å². The van der Waals surface area contributed by atoms with E-state index in [-0.39, 0.29) is 6.04 Å². The number of nitrogens with one attached hydrogen (secondary N) is 1. The zero-order chi connectivity index (χ0) is 9.84. The van der Waals surface area contributed by atoms with Crippen molar-refractivity contribution in [2.75, 3.05) is 5.43 Å². The molecule has 0 radical (unpaired) electrons. The number of aromatic nitrogens is 2. The normalized spacial score (nSPS) is 12.2. The maximum Gasteiger partial charge on any atom is 0.126 e. The van der Waals surface area contributed by atoms with Gasteiger partial charge >= 0.3 is 0 Å². The first-order valence-corrected chi connectivity index (χ1v) is 4.38. The summed E-state index contributed by atoms with van der Waals surface area (Å²) >= 11 is 0. The molecule has 1 N–H and O–H groups in total. The molecule has 1 atom stereocenters. The minimum Gasteiger partial charge on any atom is -0.308 e. The van der Waals surface area contributed by atoms with Crippen molar-refractivity contribution >= 4 is 0 Å². The van der Waals surface area contributed by atoms with Crippen LogP contribution in [0.2, 0.25) is 0 Å². The lowest BCUT2D eigenvalue weighted by molar-refractivity contribution is 0.764. The summed E-state index contributed by atoms with van der Waals surface area (Å²) in [5.74, 6) is 0.888. The van der Waals surface area contributed by atoms with Gasteiger partial charge in [0.05, 0.1) is 11.8 Å². The second-order valence-electron chi connectivity index (χ2n) is 2.98. The summed E-state index contributed by atoms with van der Waals surface area (Å²) in [6.07, 6.45) is 2.83. The predicted molar refractivity (Wildman–Crippen MR) is 50.8 cm³/mol. The fourth-order valence-corrected chi connectivity index (χ4v) is 1.07. The number of imidazole rings is 1. The van der Waals surface area contributed by atoms with E-state index < -0.39 is 0 Å². The van der Waals surface area contributed by atoms with E-state index in [4.69, 9.17) is 5.26 Å². The molecule has 0 bridgehead atoms. The van der Waals surface area contributed by atoms with Crippen LogP contribution in [0.4, 0.5) is 0 Å². The minimum absolute atomic E-state index is 0.197. The Morgan fingerprint density at radius 2 is 2.46 bits per heavy atom. The van der Waals surface area contributed by atoms with Gasteiger partial charge < -0.3 is 5.43 Å². The van der Waals surface area contributed by atoms with Gasteiger partial charge in [-0.3, -0.25) is 4.68 Å². The van der Waals surface area contributed by atoms with Gasteiger partial charge in [0.25, 0.3) is 0 Å². The molecule has 4 nitrogen and oxygen atoms in total. The zero-order valence-corrected chi connectivity index (χ0v) is 8.20. The molecule has 0 saturated carbocycles. The summed E-state index contributed by atoms with van der Waals surface area (Å²) < 4.78 is 1.80. The first-order chi connectivity index (χ1) is 6.17. The molecule has 0 aliphatic rings. The smallest absolute Gasteiger partial charge is 0.126 e. The van der Waals surface area contributed by atoms with Crippen LogP contribution in [0, 0.1) is 18.3 Å². The number of aryl methyl sites for hydroxylation is 2. The van der Waals surface area contributed by atoms with E-state index in [9.17, 15) is 0 Å². The third-order valence-corrected chi connectivity index (χ3v) is 1.82. The average molecular weight is 178 g/mol. The Morgan fingerprint density at radius 1 is 1.77 bits per heavy atom. The molecule has 13 heavy (non-hydrogen) atoms. The number of rotatable bonds is 3. The molecule has 4 heteroatoms. The topological polar surface area (TPSA) is 53.6 Å². The first-order valence-electron chi connectivity index (χ1n) is 4.38. The molecule has 1 heterocycles. The van der Waals surface area contributed by atoms with Gasteiger partial charge in [0, 0.05) is 6.20 Å². The van der Waals surface area contributed by atoms with E-state index in [1.54, 1.807) is 4.68 Å². The molecule has 1 unspecified atom stereocenters. The maximum atomic E-state index is 8.60. The zero-order valence-electron chi connectivity index (χ0n) is 8.20. The Morgan fingerprint density at radius 3 is 2.92 bits per heavy atom. The second kappa shape index (κ2) is 3.94. The third-order valence-electron chi connectivity index (χ3n) is 1.82. The monoisotopic (exact) mass is 178 g/mol. The first kappa shape index (κ1) is 9.59. The Balaban J connectivity index is 2.77. The molecule has 0 aliphatic carbocycles. The van der Waals surface area contributed by atoms with Crippen molar-refractivity contribution in [3.05, 3.63) is 17.7 Å². The van der Waals surface area contributed by atoms with Crippen LogP contribution >= 0.6 is 0 Å². The van der Waals surface area contributed by atoms with Crippen LogP contribution in [0.1, 0.15) is 25.4 Å². The van der Waals surface area contributed by atoms with Crippen LogP contribution < -0.4 is 5.43 Å². The average Bonchev–Trinajstić information content (AvgIpc) is 2.47. The van der Waals surface area contributed by atoms with Crippen molar-refractivity contribution < 1.29 is 0 Å². The van der Waals surface area contributed by atoms with Gasteiger partial charge in [-0.1, -0.05) is 6.92 Å². The maximum absolute atomic E-state index is 8.60. The van der Waals surface area contributed by atoms with Gasteiger partial charge in [0.2, 0.25) is 0 Å². The summed E-state index contributed by atoms with van der Waals surface area (Å²) in [4.78, 5) is 4.31.